The fraction of sp³-hybridized carbons (Fsp3) is 0.176. The first-order valence-electron chi connectivity index (χ1n) is 7.62. The molecule has 1 aliphatic rings. The van der Waals surface area contributed by atoms with Gasteiger partial charge >= 0.3 is 5.97 Å². The second-order valence-corrected chi connectivity index (χ2v) is 5.13. The Morgan fingerprint density at radius 3 is 3.04 bits per heavy atom. The molecule has 2 N–H and O–H groups in total. The van der Waals surface area contributed by atoms with E-state index in [-0.39, 0.29) is 30.3 Å². The van der Waals surface area contributed by atoms with Gasteiger partial charge in [-0.25, -0.2) is 4.79 Å². The highest BCUT2D eigenvalue weighted by atomic mass is 16.7. The Kier molecular flexibility index (Phi) is 4.57. The zero-order valence-electron chi connectivity index (χ0n) is 13.8. The number of aromatic nitrogens is 1. The predicted octanol–water partition coefficient (Wildman–Crippen LogP) is 1.09. The van der Waals surface area contributed by atoms with E-state index in [1.165, 1.54) is 6.21 Å². The first-order chi connectivity index (χ1) is 12.6. The Bertz CT molecular complexity index is 1000. The average molecular weight is 354 g/mol. The van der Waals surface area contributed by atoms with E-state index in [9.17, 15) is 14.9 Å². The molecule has 1 aromatic heterocycles. The lowest BCUT2D eigenvalue weighted by molar-refractivity contribution is 0.0523. The summed E-state index contributed by atoms with van der Waals surface area (Å²) < 4.78 is 16.2. The first kappa shape index (κ1) is 17.0. The number of para-hydroxylation sites is 1. The third-order valence-electron chi connectivity index (χ3n) is 3.57. The van der Waals surface area contributed by atoms with Crippen molar-refractivity contribution in [1.29, 1.82) is 5.26 Å². The van der Waals surface area contributed by atoms with Crippen LogP contribution >= 0.6 is 0 Å². The molecule has 0 amide bonds. The van der Waals surface area contributed by atoms with Gasteiger partial charge in [0, 0.05) is 5.56 Å². The minimum atomic E-state index is -0.852. The Morgan fingerprint density at radius 1 is 1.50 bits per heavy atom. The molecule has 0 atom stereocenters. The van der Waals surface area contributed by atoms with Crippen LogP contribution in [0.4, 0.5) is 5.82 Å². The van der Waals surface area contributed by atoms with Crippen LogP contribution in [0.2, 0.25) is 0 Å². The van der Waals surface area contributed by atoms with Crippen molar-refractivity contribution < 1.29 is 19.0 Å². The molecule has 1 aromatic carbocycles. The van der Waals surface area contributed by atoms with Gasteiger partial charge in [-0.1, -0.05) is 6.07 Å². The van der Waals surface area contributed by atoms with Gasteiger partial charge in [-0.2, -0.15) is 15.0 Å². The molecule has 9 heteroatoms. The zero-order chi connectivity index (χ0) is 18.7. The topological polar surface area (TPSA) is 129 Å². The molecule has 0 saturated heterocycles. The molecule has 0 bridgehead atoms. The van der Waals surface area contributed by atoms with E-state index in [0.717, 1.165) is 10.7 Å². The van der Waals surface area contributed by atoms with E-state index in [0.29, 0.717) is 17.1 Å². The molecule has 0 fully saturated rings. The molecule has 0 spiro atoms. The van der Waals surface area contributed by atoms with Gasteiger partial charge in [0.15, 0.2) is 11.5 Å². The molecule has 0 radical (unpaired) electrons. The van der Waals surface area contributed by atoms with Crippen molar-refractivity contribution in [3.8, 4) is 17.6 Å². The molecule has 1 aliphatic heterocycles. The molecule has 0 saturated carbocycles. The van der Waals surface area contributed by atoms with Crippen molar-refractivity contribution in [1.82, 2.24) is 4.68 Å². The predicted molar refractivity (Wildman–Crippen MR) is 91.3 cm³/mol. The molecule has 9 nitrogen and oxygen atoms in total. The summed E-state index contributed by atoms with van der Waals surface area (Å²) in [5, 5.41) is 13.2. The molecule has 2 aromatic rings. The lowest BCUT2D eigenvalue weighted by Crippen LogP contribution is -2.28. The number of hydrogen-bond donors (Lipinski definition) is 1. The summed E-state index contributed by atoms with van der Waals surface area (Å²) in [6, 6.07) is 8.10. The number of nitrogens with zero attached hydrogens (tertiary/aromatic N) is 3. The second-order valence-electron chi connectivity index (χ2n) is 5.13. The van der Waals surface area contributed by atoms with Crippen molar-refractivity contribution in [2.75, 3.05) is 19.1 Å². The second kappa shape index (κ2) is 6.98. The van der Waals surface area contributed by atoms with Gasteiger partial charge in [0.2, 0.25) is 6.79 Å². The van der Waals surface area contributed by atoms with E-state index < -0.39 is 11.5 Å². The molecule has 26 heavy (non-hydrogen) atoms. The van der Waals surface area contributed by atoms with E-state index in [4.69, 9.17) is 19.9 Å². The fourth-order valence-corrected chi connectivity index (χ4v) is 2.35. The van der Waals surface area contributed by atoms with Gasteiger partial charge in [0.05, 0.1) is 18.4 Å². The van der Waals surface area contributed by atoms with Crippen LogP contribution in [0.15, 0.2) is 34.2 Å². The number of carbonyl (C=O) groups is 1. The van der Waals surface area contributed by atoms with Crippen LogP contribution in [-0.2, 0) is 4.74 Å². The normalized spacial score (nSPS) is 12.2. The van der Waals surface area contributed by atoms with Crippen LogP contribution in [0, 0.1) is 11.3 Å². The van der Waals surface area contributed by atoms with Crippen molar-refractivity contribution in [2.24, 2.45) is 5.10 Å². The highest BCUT2D eigenvalue weighted by Gasteiger charge is 2.20. The van der Waals surface area contributed by atoms with Crippen molar-refractivity contribution in [3.63, 3.8) is 0 Å². The zero-order valence-corrected chi connectivity index (χ0v) is 13.8. The monoisotopic (exact) mass is 354 g/mol. The number of benzene rings is 1. The maximum atomic E-state index is 12.5. The van der Waals surface area contributed by atoms with Gasteiger partial charge in [0.1, 0.15) is 17.5 Å². The van der Waals surface area contributed by atoms with Gasteiger partial charge in [-0.3, -0.25) is 4.79 Å². The first-order valence-corrected chi connectivity index (χ1v) is 7.62. The van der Waals surface area contributed by atoms with Crippen LogP contribution in [0.5, 0.6) is 11.5 Å². The van der Waals surface area contributed by atoms with Gasteiger partial charge in [-0.15, -0.1) is 0 Å². The third kappa shape index (κ3) is 2.95. The summed E-state index contributed by atoms with van der Waals surface area (Å²) >= 11 is 0. The Hall–Kier alpha value is -3.80. The number of nitrogens with two attached hydrogens (primary N) is 1. The van der Waals surface area contributed by atoms with Crippen molar-refractivity contribution >= 4 is 18.0 Å². The lowest BCUT2D eigenvalue weighted by atomic mass is 10.2. The molecule has 2 heterocycles. The molecule has 0 unspecified atom stereocenters. The summed E-state index contributed by atoms with van der Waals surface area (Å²) in [6.07, 6.45) is 1.33. The number of carbonyl (C=O) groups excluding carboxylic acids is 1. The Labute approximate surface area is 147 Å². The van der Waals surface area contributed by atoms with E-state index >= 15 is 0 Å². The number of fused-ring (bicyclic) bond motifs is 1. The number of ether oxygens (including phenoxy) is 3. The summed E-state index contributed by atoms with van der Waals surface area (Å²) in [5.74, 6) is -0.0148. The lowest BCUT2D eigenvalue weighted by Gasteiger charge is -2.08. The van der Waals surface area contributed by atoms with Crippen LogP contribution in [0.25, 0.3) is 0 Å². The molecule has 3 rings (SSSR count). The summed E-state index contributed by atoms with van der Waals surface area (Å²) in [7, 11) is 0. The van der Waals surface area contributed by atoms with Gasteiger partial charge in [0.25, 0.3) is 5.56 Å². The highest BCUT2D eigenvalue weighted by Crippen LogP contribution is 2.34. The number of nitrogen functional groups attached to an aromatic ring is 1. The number of nitriles is 1. The van der Waals surface area contributed by atoms with Crippen LogP contribution in [-0.4, -0.2) is 30.3 Å². The molecule has 0 aliphatic carbocycles. The average Bonchev–Trinajstić information content (AvgIpc) is 3.11. The maximum Gasteiger partial charge on any atom is 0.343 e. The molecular formula is C17H14N4O5. The van der Waals surface area contributed by atoms with Crippen molar-refractivity contribution in [2.45, 2.75) is 6.92 Å². The summed E-state index contributed by atoms with van der Waals surface area (Å²) in [5.41, 5.74) is 5.20. The Morgan fingerprint density at radius 2 is 2.31 bits per heavy atom. The molecular weight excluding hydrogens is 340 g/mol. The van der Waals surface area contributed by atoms with Crippen LogP contribution in [0.1, 0.15) is 28.4 Å². The van der Waals surface area contributed by atoms with Gasteiger partial charge in [-0.05, 0) is 25.1 Å². The smallest absolute Gasteiger partial charge is 0.343 e. The molecule has 132 valence electrons. The van der Waals surface area contributed by atoms with Crippen LogP contribution < -0.4 is 20.8 Å². The number of hydrogen-bond acceptors (Lipinski definition) is 8. The minimum absolute atomic E-state index is 0.0670. The minimum Gasteiger partial charge on any atom is -0.462 e. The van der Waals surface area contributed by atoms with Crippen LogP contribution in [0.3, 0.4) is 0 Å². The summed E-state index contributed by atoms with van der Waals surface area (Å²) in [6.45, 7) is 1.77. The Balaban J connectivity index is 2.09. The maximum absolute atomic E-state index is 12.5. The third-order valence-corrected chi connectivity index (χ3v) is 3.57. The highest BCUT2D eigenvalue weighted by molar-refractivity contribution is 5.90. The number of esters is 1. The number of pyridine rings is 1. The largest absolute Gasteiger partial charge is 0.462 e. The van der Waals surface area contributed by atoms with E-state index in [1.807, 2.05) is 6.07 Å². The summed E-state index contributed by atoms with van der Waals surface area (Å²) in [4.78, 5) is 24.5. The number of rotatable bonds is 4. The fourth-order valence-electron chi connectivity index (χ4n) is 2.35. The van der Waals surface area contributed by atoms with Gasteiger partial charge < -0.3 is 19.9 Å². The van der Waals surface area contributed by atoms with Crippen molar-refractivity contribution in [3.05, 3.63) is 51.3 Å². The standard InChI is InChI=1S/C17H14N4O5/c1-2-24-17(23)12-6-11(7-18)15(19)21(16(12)22)20-8-10-4-3-5-13-14(10)26-9-25-13/h3-6,8H,2,9,19H2,1H3/b20-8+. The quantitative estimate of drug-likeness (QED) is 0.642. The SMILES string of the molecule is CCOC(=O)c1cc(C#N)c(N)n(/N=C/c2cccc3c2OCO3)c1=O. The van der Waals surface area contributed by atoms with E-state index in [2.05, 4.69) is 5.10 Å². The number of anilines is 1. The van der Waals surface area contributed by atoms with E-state index in [1.54, 1.807) is 25.1 Å².